The Labute approximate surface area is 169 Å². The molecule has 0 heterocycles. The van der Waals surface area contributed by atoms with Gasteiger partial charge >= 0.3 is 0 Å². The van der Waals surface area contributed by atoms with Crippen LogP contribution in [0.25, 0.3) is 6.08 Å². The standard InChI is InChI=1S/C26H34O2/c1-25-12-10-20(27)16-19(25)8-9-21-22(25)11-13-26(2)23(21)15-18(24(26)28)14-17-6-4-3-5-7-17/h3-8,14,20-24,27-28H,9-13,15-16H2,1-2H3/b18-14+/t20-,21-,22+,23+,24+,25+,26+/m1/s1. The molecule has 0 spiro atoms. The lowest BCUT2D eigenvalue weighted by Gasteiger charge is -2.57. The molecule has 0 unspecified atom stereocenters. The van der Waals surface area contributed by atoms with Crippen LogP contribution in [0.5, 0.6) is 0 Å². The normalized spacial score (nSPS) is 46.5. The fourth-order valence-corrected chi connectivity index (χ4v) is 7.40. The Morgan fingerprint density at radius 2 is 1.75 bits per heavy atom. The molecule has 2 nitrogen and oxygen atoms in total. The first-order valence-corrected chi connectivity index (χ1v) is 11.2. The maximum atomic E-state index is 11.3. The summed E-state index contributed by atoms with van der Waals surface area (Å²) in [6.07, 6.45) is 11.7. The second-order valence-electron chi connectivity index (χ2n) is 10.4. The number of allylic oxidation sites excluding steroid dienone is 1. The second kappa shape index (κ2) is 6.57. The molecule has 4 aliphatic rings. The van der Waals surface area contributed by atoms with Gasteiger partial charge in [0.05, 0.1) is 12.2 Å². The van der Waals surface area contributed by atoms with Crippen LogP contribution in [0.3, 0.4) is 0 Å². The SMILES string of the molecule is C[C@]12CC[C@H]3[C@@H](CC=C4C[C@H](O)CC[C@@]43C)[C@@H]1C/C(=C\c1ccccc1)[C@@H]2O. The van der Waals surface area contributed by atoms with Gasteiger partial charge in [-0.05, 0) is 79.3 Å². The van der Waals surface area contributed by atoms with Gasteiger partial charge in [-0.25, -0.2) is 0 Å². The van der Waals surface area contributed by atoms with Crippen molar-refractivity contribution in [3.63, 3.8) is 0 Å². The molecule has 150 valence electrons. The zero-order valence-corrected chi connectivity index (χ0v) is 17.3. The molecule has 3 saturated carbocycles. The van der Waals surface area contributed by atoms with E-state index in [9.17, 15) is 10.2 Å². The second-order valence-corrected chi connectivity index (χ2v) is 10.4. The van der Waals surface area contributed by atoms with Gasteiger partial charge in [-0.1, -0.05) is 61.9 Å². The van der Waals surface area contributed by atoms with Gasteiger partial charge in [0.2, 0.25) is 0 Å². The molecule has 0 radical (unpaired) electrons. The third kappa shape index (κ3) is 2.68. The highest BCUT2D eigenvalue weighted by atomic mass is 16.3. The van der Waals surface area contributed by atoms with Crippen molar-refractivity contribution in [2.75, 3.05) is 0 Å². The summed E-state index contributed by atoms with van der Waals surface area (Å²) in [5.74, 6) is 1.94. The van der Waals surface area contributed by atoms with Crippen molar-refractivity contribution in [3.05, 3.63) is 53.1 Å². The molecule has 3 fully saturated rings. The summed E-state index contributed by atoms with van der Waals surface area (Å²) in [4.78, 5) is 0. The molecule has 1 aromatic carbocycles. The van der Waals surface area contributed by atoms with Crippen molar-refractivity contribution in [2.24, 2.45) is 28.6 Å². The summed E-state index contributed by atoms with van der Waals surface area (Å²) in [6, 6.07) is 10.5. The lowest BCUT2D eigenvalue weighted by molar-refractivity contribution is -0.0685. The van der Waals surface area contributed by atoms with Crippen LogP contribution in [0.15, 0.2) is 47.6 Å². The zero-order chi connectivity index (χ0) is 19.5. The number of hydrogen-bond donors (Lipinski definition) is 2. The fourth-order valence-electron chi connectivity index (χ4n) is 7.40. The van der Waals surface area contributed by atoms with E-state index in [1.807, 2.05) is 6.07 Å². The maximum absolute atomic E-state index is 11.3. The van der Waals surface area contributed by atoms with Gasteiger partial charge in [-0.2, -0.15) is 0 Å². The quantitative estimate of drug-likeness (QED) is 0.646. The van der Waals surface area contributed by atoms with Crippen LogP contribution in [0.2, 0.25) is 0 Å². The van der Waals surface area contributed by atoms with Crippen LogP contribution >= 0.6 is 0 Å². The molecule has 7 atom stereocenters. The first kappa shape index (κ1) is 18.6. The largest absolute Gasteiger partial charge is 0.393 e. The minimum atomic E-state index is -0.315. The number of benzene rings is 1. The van der Waals surface area contributed by atoms with Gasteiger partial charge in [-0.15, -0.1) is 0 Å². The van der Waals surface area contributed by atoms with Gasteiger partial charge in [0, 0.05) is 5.41 Å². The molecule has 0 aliphatic heterocycles. The highest BCUT2D eigenvalue weighted by Gasteiger charge is 2.59. The average Bonchev–Trinajstić information content (AvgIpc) is 2.94. The Morgan fingerprint density at radius 3 is 2.54 bits per heavy atom. The Balaban J connectivity index is 1.47. The number of aliphatic hydroxyl groups is 2. The Kier molecular flexibility index (Phi) is 4.37. The van der Waals surface area contributed by atoms with E-state index in [1.54, 1.807) is 0 Å². The zero-order valence-electron chi connectivity index (χ0n) is 17.3. The third-order valence-corrected chi connectivity index (χ3v) is 9.10. The predicted molar refractivity (Wildman–Crippen MR) is 114 cm³/mol. The molecule has 2 N–H and O–H groups in total. The summed E-state index contributed by atoms with van der Waals surface area (Å²) in [5.41, 5.74) is 4.24. The van der Waals surface area contributed by atoms with Gasteiger partial charge in [0.25, 0.3) is 0 Å². The lowest BCUT2D eigenvalue weighted by atomic mass is 9.48. The molecular formula is C26H34O2. The van der Waals surface area contributed by atoms with Crippen LogP contribution < -0.4 is 0 Å². The van der Waals surface area contributed by atoms with E-state index >= 15 is 0 Å². The van der Waals surface area contributed by atoms with Crippen LogP contribution in [-0.4, -0.2) is 22.4 Å². The van der Waals surface area contributed by atoms with Crippen molar-refractivity contribution < 1.29 is 10.2 Å². The van der Waals surface area contributed by atoms with E-state index in [2.05, 4.69) is 50.3 Å². The summed E-state index contributed by atoms with van der Waals surface area (Å²) in [7, 11) is 0. The van der Waals surface area contributed by atoms with E-state index in [1.165, 1.54) is 23.1 Å². The van der Waals surface area contributed by atoms with Crippen molar-refractivity contribution in [3.8, 4) is 0 Å². The van der Waals surface area contributed by atoms with E-state index in [0.29, 0.717) is 17.8 Å². The van der Waals surface area contributed by atoms with Crippen molar-refractivity contribution >= 4 is 6.08 Å². The first-order chi connectivity index (χ1) is 13.4. The van der Waals surface area contributed by atoms with E-state index in [4.69, 9.17) is 0 Å². The number of fused-ring (bicyclic) bond motifs is 5. The van der Waals surface area contributed by atoms with Gasteiger partial charge in [0.1, 0.15) is 0 Å². The van der Waals surface area contributed by atoms with E-state index in [-0.39, 0.29) is 23.0 Å². The molecule has 0 saturated heterocycles. The van der Waals surface area contributed by atoms with Crippen LogP contribution in [0.4, 0.5) is 0 Å². The Morgan fingerprint density at radius 1 is 0.964 bits per heavy atom. The van der Waals surface area contributed by atoms with Gasteiger partial charge in [-0.3, -0.25) is 0 Å². The lowest BCUT2D eigenvalue weighted by Crippen LogP contribution is -2.51. The first-order valence-electron chi connectivity index (χ1n) is 11.2. The van der Waals surface area contributed by atoms with Crippen molar-refractivity contribution in [1.82, 2.24) is 0 Å². The summed E-state index contributed by atoms with van der Waals surface area (Å²) >= 11 is 0. The smallest absolute Gasteiger partial charge is 0.0809 e. The van der Waals surface area contributed by atoms with Gasteiger partial charge < -0.3 is 10.2 Å². The Hall–Kier alpha value is -1.38. The van der Waals surface area contributed by atoms with Crippen LogP contribution in [-0.2, 0) is 0 Å². The highest BCUT2D eigenvalue weighted by Crippen LogP contribution is 2.65. The maximum Gasteiger partial charge on any atom is 0.0809 e. The molecule has 2 heteroatoms. The number of hydrogen-bond acceptors (Lipinski definition) is 2. The van der Waals surface area contributed by atoms with E-state index in [0.717, 1.165) is 38.5 Å². The average molecular weight is 379 g/mol. The van der Waals surface area contributed by atoms with Crippen LogP contribution in [0, 0.1) is 28.6 Å². The fraction of sp³-hybridized carbons (Fsp3) is 0.615. The third-order valence-electron chi connectivity index (χ3n) is 9.10. The molecular weight excluding hydrogens is 344 g/mol. The molecule has 0 aromatic heterocycles. The number of rotatable bonds is 1. The topological polar surface area (TPSA) is 40.5 Å². The van der Waals surface area contributed by atoms with Gasteiger partial charge in [0.15, 0.2) is 0 Å². The monoisotopic (exact) mass is 378 g/mol. The summed E-state index contributed by atoms with van der Waals surface area (Å²) < 4.78 is 0. The Bertz CT molecular complexity index is 809. The summed E-state index contributed by atoms with van der Waals surface area (Å²) in [6.45, 7) is 4.81. The summed E-state index contributed by atoms with van der Waals surface area (Å²) in [5, 5.41) is 21.5. The molecule has 1 aromatic rings. The molecule has 28 heavy (non-hydrogen) atoms. The number of aliphatic hydroxyl groups excluding tert-OH is 2. The van der Waals surface area contributed by atoms with Crippen molar-refractivity contribution in [1.29, 1.82) is 0 Å². The van der Waals surface area contributed by atoms with Crippen LogP contribution in [0.1, 0.15) is 64.4 Å². The molecule has 4 aliphatic carbocycles. The van der Waals surface area contributed by atoms with E-state index < -0.39 is 0 Å². The minimum Gasteiger partial charge on any atom is -0.393 e. The van der Waals surface area contributed by atoms with Crippen molar-refractivity contribution in [2.45, 2.75) is 71.0 Å². The highest BCUT2D eigenvalue weighted by molar-refractivity contribution is 5.55. The molecule has 0 amide bonds. The predicted octanol–water partition coefficient (Wildman–Crippen LogP) is 5.36. The molecule has 0 bridgehead atoms. The molecule has 5 rings (SSSR count). The minimum absolute atomic E-state index is 0.0116.